The van der Waals surface area contributed by atoms with Gasteiger partial charge in [0.15, 0.2) is 0 Å². The van der Waals surface area contributed by atoms with Crippen LogP contribution in [0.5, 0.6) is 0 Å². The molecule has 0 spiro atoms. The minimum atomic E-state index is -4.57. The Hall–Kier alpha value is -2.78. The van der Waals surface area contributed by atoms with Crippen LogP contribution in [0, 0.1) is 5.92 Å². The standard InChI is InChI=1S/C16H12F3NO2.C7H10N2S/c17-16(18,19)14-7-10(9-21)6-12-13(14)8-20(15(12)22)11-4-2-1-3-5-11;1-2-6(3-1)4-7-9-8-5-10-7/h1-7,21H,8-9H2;5-6H,1-4H2. The third kappa shape index (κ3) is 4.83. The van der Waals surface area contributed by atoms with Gasteiger partial charge in [-0.05, 0) is 41.3 Å². The summed E-state index contributed by atoms with van der Waals surface area (Å²) in [6, 6.07) is 10.8. The van der Waals surface area contributed by atoms with Crippen molar-refractivity contribution in [2.75, 3.05) is 4.90 Å². The summed E-state index contributed by atoms with van der Waals surface area (Å²) >= 11 is 1.68. The van der Waals surface area contributed by atoms with Gasteiger partial charge in [-0.3, -0.25) is 4.79 Å². The van der Waals surface area contributed by atoms with E-state index in [0.29, 0.717) is 5.69 Å². The highest BCUT2D eigenvalue weighted by molar-refractivity contribution is 7.09. The summed E-state index contributed by atoms with van der Waals surface area (Å²) in [7, 11) is 0. The van der Waals surface area contributed by atoms with E-state index in [-0.39, 0.29) is 23.2 Å². The number of hydrogen-bond acceptors (Lipinski definition) is 5. The molecule has 1 aliphatic carbocycles. The normalized spacial score (nSPS) is 15.8. The number of alkyl halides is 3. The Morgan fingerprint density at radius 3 is 2.47 bits per heavy atom. The monoisotopic (exact) mass is 461 g/mol. The minimum absolute atomic E-state index is 0.00253. The second kappa shape index (κ2) is 9.38. The number of aliphatic hydroxyl groups is 1. The first-order valence-electron chi connectivity index (χ1n) is 10.3. The predicted molar refractivity (Wildman–Crippen MR) is 115 cm³/mol. The molecule has 2 aliphatic rings. The first-order valence-corrected chi connectivity index (χ1v) is 11.2. The molecule has 168 valence electrons. The van der Waals surface area contributed by atoms with E-state index in [4.69, 9.17) is 5.11 Å². The molecule has 2 heterocycles. The van der Waals surface area contributed by atoms with Crippen LogP contribution < -0.4 is 4.90 Å². The Bertz CT molecular complexity index is 1070. The van der Waals surface area contributed by atoms with Crippen LogP contribution in [0.1, 0.15) is 51.3 Å². The fraction of sp³-hybridized carbons (Fsp3) is 0.348. The summed E-state index contributed by atoms with van der Waals surface area (Å²) in [5.74, 6) is 0.440. The van der Waals surface area contributed by atoms with E-state index in [1.807, 2.05) is 5.51 Å². The Kier molecular flexibility index (Phi) is 6.57. The van der Waals surface area contributed by atoms with Crippen LogP contribution in [0.15, 0.2) is 48.0 Å². The highest BCUT2D eigenvalue weighted by Crippen LogP contribution is 2.39. The van der Waals surface area contributed by atoms with Crippen LogP contribution in [0.25, 0.3) is 0 Å². The van der Waals surface area contributed by atoms with Crippen LogP contribution in [0.3, 0.4) is 0 Å². The molecular weight excluding hydrogens is 439 g/mol. The lowest BCUT2D eigenvalue weighted by Gasteiger charge is -2.23. The summed E-state index contributed by atoms with van der Waals surface area (Å²) in [6.45, 7) is -0.673. The number of rotatable bonds is 4. The van der Waals surface area contributed by atoms with Gasteiger partial charge in [0.2, 0.25) is 0 Å². The number of hydrogen-bond donors (Lipinski definition) is 1. The van der Waals surface area contributed by atoms with Gasteiger partial charge < -0.3 is 10.0 Å². The van der Waals surface area contributed by atoms with Crippen molar-refractivity contribution in [1.82, 2.24) is 10.2 Å². The summed E-state index contributed by atoms with van der Waals surface area (Å²) in [5, 5.41) is 18.2. The van der Waals surface area contributed by atoms with Gasteiger partial charge in [-0.2, -0.15) is 13.2 Å². The second-order valence-electron chi connectivity index (χ2n) is 7.89. The number of amides is 1. The Morgan fingerprint density at radius 2 is 1.91 bits per heavy atom. The third-order valence-electron chi connectivity index (χ3n) is 5.75. The molecule has 0 saturated heterocycles. The molecule has 0 unspecified atom stereocenters. The van der Waals surface area contributed by atoms with Crippen molar-refractivity contribution in [2.45, 2.75) is 45.0 Å². The SMILES string of the molecule is O=C1c2cc(CO)cc(C(F)(F)F)c2CN1c1ccccc1.c1nnc(CC2CCC2)s1. The number of anilines is 1. The third-order valence-corrected chi connectivity index (χ3v) is 6.47. The van der Waals surface area contributed by atoms with E-state index >= 15 is 0 Å². The number of para-hydroxylation sites is 1. The van der Waals surface area contributed by atoms with Crippen LogP contribution in [0.4, 0.5) is 18.9 Å². The fourth-order valence-electron chi connectivity index (χ4n) is 3.86. The Labute approximate surface area is 187 Å². The summed E-state index contributed by atoms with van der Waals surface area (Å²) in [6.07, 6.45) is 0.829. The highest BCUT2D eigenvalue weighted by atomic mass is 32.1. The molecule has 0 bridgehead atoms. The molecule has 5 nitrogen and oxygen atoms in total. The van der Waals surface area contributed by atoms with Crippen molar-refractivity contribution in [3.63, 3.8) is 0 Å². The predicted octanol–water partition coefficient (Wildman–Crippen LogP) is 5.24. The van der Waals surface area contributed by atoms with Gasteiger partial charge in [-0.25, -0.2) is 0 Å². The minimum Gasteiger partial charge on any atom is -0.392 e. The van der Waals surface area contributed by atoms with Crippen molar-refractivity contribution in [2.24, 2.45) is 5.92 Å². The van der Waals surface area contributed by atoms with Gasteiger partial charge in [0.1, 0.15) is 10.5 Å². The van der Waals surface area contributed by atoms with Gasteiger partial charge in [-0.15, -0.1) is 21.5 Å². The summed E-state index contributed by atoms with van der Waals surface area (Å²) < 4.78 is 39.6. The van der Waals surface area contributed by atoms with Crippen LogP contribution in [-0.4, -0.2) is 21.2 Å². The van der Waals surface area contributed by atoms with Crippen molar-refractivity contribution in [1.29, 1.82) is 0 Å². The van der Waals surface area contributed by atoms with Crippen molar-refractivity contribution < 1.29 is 23.1 Å². The van der Waals surface area contributed by atoms with Crippen LogP contribution >= 0.6 is 11.3 Å². The molecule has 1 fully saturated rings. The highest BCUT2D eigenvalue weighted by Gasteiger charge is 2.40. The lowest BCUT2D eigenvalue weighted by Crippen LogP contribution is -2.22. The van der Waals surface area contributed by atoms with E-state index in [1.165, 1.54) is 41.7 Å². The molecule has 1 saturated carbocycles. The number of nitrogens with zero attached hydrogens (tertiary/aromatic N) is 3. The van der Waals surface area contributed by atoms with Crippen molar-refractivity contribution in [3.05, 3.63) is 75.2 Å². The van der Waals surface area contributed by atoms with Crippen molar-refractivity contribution in [3.8, 4) is 0 Å². The zero-order valence-corrected chi connectivity index (χ0v) is 18.0. The van der Waals surface area contributed by atoms with E-state index in [9.17, 15) is 18.0 Å². The first-order chi connectivity index (χ1) is 15.4. The Morgan fingerprint density at radius 1 is 1.16 bits per heavy atom. The lowest BCUT2D eigenvalue weighted by molar-refractivity contribution is -0.138. The number of halogens is 3. The molecule has 0 atom stereocenters. The number of carbonyl (C=O) groups excluding carboxylic acids is 1. The average molecular weight is 462 g/mol. The van der Waals surface area contributed by atoms with E-state index < -0.39 is 24.3 Å². The molecule has 5 rings (SSSR count). The van der Waals surface area contributed by atoms with E-state index in [2.05, 4.69) is 10.2 Å². The smallest absolute Gasteiger partial charge is 0.392 e. The van der Waals surface area contributed by atoms with Crippen LogP contribution in [0.2, 0.25) is 0 Å². The Balaban J connectivity index is 0.000000203. The molecule has 32 heavy (non-hydrogen) atoms. The number of benzene rings is 2. The summed E-state index contributed by atoms with van der Waals surface area (Å²) in [4.78, 5) is 13.7. The van der Waals surface area contributed by atoms with Crippen LogP contribution in [-0.2, 0) is 25.7 Å². The second-order valence-corrected chi connectivity index (χ2v) is 8.80. The first kappa shape index (κ1) is 22.4. The van der Waals surface area contributed by atoms with Gasteiger partial charge in [0.05, 0.1) is 18.7 Å². The molecule has 1 aromatic heterocycles. The van der Waals surface area contributed by atoms with Gasteiger partial charge in [0, 0.05) is 17.7 Å². The maximum absolute atomic E-state index is 13.2. The van der Waals surface area contributed by atoms with Gasteiger partial charge in [-0.1, -0.05) is 37.5 Å². The largest absolute Gasteiger partial charge is 0.416 e. The van der Waals surface area contributed by atoms with E-state index in [0.717, 1.165) is 12.0 Å². The summed E-state index contributed by atoms with van der Waals surface area (Å²) in [5.41, 5.74) is 1.53. The zero-order valence-electron chi connectivity index (χ0n) is 17.2. The maximum atomic E-state index is 13.2. The molecule has 0 radical (unpaired) electrons. The number of fused-ring (bicyclic) bond motifs is 1. The molecule has 1 aliphatic heterocycles. The topological polar surface area (TPSA) is 66.3 Å². The van der Waals surface area contributed by atoms with Crippen molar-refractivity contribution >= 4 is 22.9 Å². The average Bonchev–Trinajstić information content (AvgIpc) is 3.38. The van der Waals surface area contributed by atoms with Gasteiger partial charge in [0.25, 0.3) is 5.91 Å². The fourth-order valence-corrected chi connectivity index (χ4v) is 4.50. The molecule has 9 heteroatoms. The molecule has 1 amide bonds. The molecule has 2 aromatic carbocycles. The molecule has 1 N–H and O–H groups in total. The number of carbonyl (C=O) groups is 1. The van der Waals surface area contributed by atoms with Gasteiger partial charge >= 0.3 is 6.18 Å². The quantitative estimate of drug-likeness (QED) is 0.577. The zero-order chi connectivity index (χ0) is 22.7. The lowest BCUT2D eigenvalue weighted by atomic mass is 9.83. The molecular formula is C23H22F3N3O2S. The van der Waals surface area contributed by atoms with E-state index in [1.54, 1.807) is 41.7 Å². The maximum Gasteiger partial charge on any atom is 0.416 e. The number of aliphatic hydroxyl groups excluding tert-OH is 1. The number of aromatic nitrogens is 2. The molecule has 3 aromatic rings.